The van der Waals surface area contributed by atoms with Crippen LogP contribution in [0.15, 0.2) is 211 Å². The van der Waals surface area contributed by atoms with Gasteiger partial charge in [-0.15, -0.1) is 0 Å². The molecule has 0 aliphatic heterocycles. The minimum absolute atomic E-state index is 0.588. The molecule has 2 aromatic heterocycles. The second-order valence-corrected chi connectivity index (χ2v) is 13.7. The Morgan fingerprint density at radius 3 is 1.43 bits per heavy atom. The van der Waals surface area contributed by atoms with Crippen LogP contribution < -0.4 is 4.90 Å². The number of aromatic nitrogens is 3. The number of hydrogen-bond donors (Lipinski definition) is 0. The van der Waals surface area contributed by atoms with Crippen molar-refractivity contribution in [1.29, 1.82) is 0 Å². The third kappa shape index (κ3) is 6.27. The molecule has 0 aliphatic carbocycles. The van der Waals surface area contributed by atoms with E-state index >= 15 is 0 Å². The summed E-state index contributed by atoms with van der Waals surface area (Å²) in [6.45, 7) is 0. The van der Waals surface area contributed by atoms with Crippen molar-refractivity contribution in [3.05, 3.63) is 206 Å². The zero-order valence-corrected chi connectivity index (χ0v) is 30.3. The van der Waals surface area contributed by atoms with E-state index in [9.17, 15) is 0 Å². The van der Waals surface area contributed by atoms with Gasteiger partial charge in [0.2, 0.25) is 0 Å². The summed E-state index contributed by atoms with van der Waals surface area (Å²) in [6.07, 6.45) is 0. The minimum atomic E-state index is 0.588. The lowest BCUT2D eigenvalue weighted by Crippen LogP contribution is -2.10. The first kappa shape index (κ1) is 33.0. The Morgan fingerprint density at radius 2 is 0.804 bits per heavy atom. The number of furan rings is 1. The van der Waals surface area contributed by atoms with Crippen LogP contribution >= 0.6 is 0 Å². The van der Waals surface area contributed by atoms with Crippen LogP contribution in [0.5, 0.6) is 0 Å². The first-order chi connectivity index (χ1) is 27.7. The lowest BCUT2D eigenvalue weighted by atomic mass is 10.0. The van der Waals surface area contributed by atoms with Crippen LogP contribution in [0.3, 0.4) is 0 Å². The van der Waals surface area contributed by atoms with Crippen LogP contribution in [-0.2, 0) is 0 Å². The molecule has 0 unspecified atom stereocenters. The predicted octanol–water partition coefficient (Wildman–Crippen LogP) is 13.6. The topological polar surface area (TPSA) is 55.1 Å². The van der Waals surface area contributed by atoms with Gasteiger partial charge in [0.25, 0.3) is 0 Å². The number of rotatable bonds is 8. The number of benzene rings is 8. The lowest BCUT2D eigenvalue weighted by Gasteiger charge is -2.26. The van der Waals surface area contributed by atoms with E-state index in [4.69, 9.17) is 19.4 Å². The van der Waals surface area contributed by atoms with Crippen molar-refractivity contribution < 1.29 is 4.42 Å². The number of fused-ring (bicyclic) bond motifs is 3. The quantitative estimate of drug-likeness (QED) is 0.157. The van der Waals surface area contributed by atoms with E-state index in [-0.39, 0.29) is 0 Å². The van der Waals surface area contributed by atoms with Crippen LogP contribution in [0.1, 0.15) is 0 Å². The van der Waals surface area contributed by atoms with E-state index < -0.39 is 0 Å². The normalized spacial score (nSPS) is 11.2. The molecule has 10 aromatic rings. The van der Waals surface area contributed by atoms with Crippen LogP contribution in [0, 0.1) is 0 Å². The third-order valence-electron chi connectivity index (χ3n) is 10.1. The molecule has 0 radical (unpaired) electrons. The summed E-state index contributed by atoms with van der Waals surface area (Å²) in [4.78, 5) is 17.1. The van der Waals surface area contributed by atoms with E-state index in [2.05, 4.69) is 144 Å². The average Bonchev–Trinajstić information content (AvgIpc) is 3.66. The molecule has 0 amide bonds. The molecule has 8 aromatic carbocycles. The third-order valence-corrected chi connectivity index (χ3v) is 10.1. The first-order valence-electron chi connectivity index (χ1n) is 18.7. The summed E-state index contributed by atoms with van der Waals surface area (Å²) in [5.74, 6) is 1.83. The molecule has 10 rings (SSSR count). The standard InChI is InChI=1S/C51H34N4O/c1-5-16-35(17-6-1)38-22-13-26-42(32-38)55(41-24-11-4-12-25-41)43-27-14-23-39(33-43)44-28-15-29-46-45-31-30-40(34-47(45)56-48(44)46)51-53-49(36-18-7-2-8-19-36)52-50(54-51)37-20-9-3-10-21-37/h1-34H. The van der Waals surface area contributed by atoms with E-state index in [0.717, 1.165) is 72.4 Å². The van der Waals surface area contributed by atoms with E-state index in [0.29, 0.717) is 17.5 Å². The van der Waals surface area contributed by atoms with Crippen molar-refractivity contribution in [2.75, 3.05) is 4.90 Å². The molecule has 0 saturated heterocycles. The van der Waals surface area contributed by atoms with Gasteiger partial charge in [0.05, 0.1) is 0 Å². The van der Waals surface area contributed by atoms with Gasteiger partial charge >= 0.3 is 0 Å². The van der Waals surface area contributed by atoms with Gasteiger partial charge in [-0.3, -0.25) is 0 Å². The fourth-order valence-electron chi connectivity index (χ4n) is 7.39. The predicted molar refractivity (Wildman–Crippen MR) is 229 cm³/mol. The van der Waals surface area contributed by atoms with Crippen LogP contribution in [0.2, 0.25) is 0 Å². The van der Waals surface area contributed by atoms with Gasteiger partial charge in [0.15, 0.2) is 17.5 Å². The van der Waals surface area contributed by atoms with E-state index in [1.54, 1.807) is 0 Å². The fourth-order valence-corrected chi connectivity index (χ4v) is 7.39. The molecule has 0 bridgehead atoms. The molecule has 0 aliphatic rings. The molecule has 0 fully saturated rings. The highest BCUT2D eigenvalue weighted by Crippen LogP contribution is 2.41. The molecule has 0 spiro atoms. The van der Waals surface area contributed by atoms with Crippen molar-refractivity contribution >= 4 is 39.0 Å². The summed E-state index contributed by atoms with van der Waals surface area (Å²) in [6, 6.07) is 71.1. The largest absolute Gasteiger partial charge is 0.455 e. The minimum Gasteiger partial charge on any atom is -0.455 e. The number of hydrogen-bond acceptors (Lipinski definition) is 5. The summed E-state index contributed by atoms with van der Waals surface area (Å²) in [5.41, 5.74) is 11.9. The van der Waals surface area contributed by atoms with Gasteiger partial charge in [-0.25, -0.2) is 15.0 Å². The van der Waals surface area contributed by atoms with Crippen molar-refractivity contribution in [2.24, 2.45) is 0 Å². The highest BCUT2D eigenvalue weighted by atomic mass is 16.3. The second kappa shape index (κ2) is 14.3. The zero-order valence-electron chi connectivity index (χ0n) is 30.3. The van der Waals surface area contributed by atoms with Crippen molar-refractivity contribution in [3.63, 3.8) is 0 Å². The van der Waals surface area contributed by atoms with E-state index in [1.807, 2.05) is 66.7 Å². The maximum Gasteiger partial charge on any atom is 0.164 e. The Kier molecular flexibility index (Phi) is 8.43. The molecule has 5 heteroatoms. The summed E-state index contributed by atoms with van der Waals surface area (Å²) >= 11 is 0. The van der Waals surface area contributed by atoms with Gasteiger partial charge in [-0.05, 0) is 65.2 Å². The lowest BCUT2D eigenvalue weighted by molar-refractivity contribution is 0.670. The molecular weight excluding hydrogens is 685 g/mol. The van der Waals surface area contributed by atoms with Gasteiger partial charge in [0.1, 0.15) is 11.2 Å². The number of anilines is 3. The van der Waals surface area contributed by atoms with Gasteiger partial charge in [0, 0.05) is 50.1 Å². The molecule has 0 atom stereocenters. The molecule has 264 valence electrons. The Hall–Kier alpha value is -7.63. The molecule has 0 N–H and O–H groups in total. The van der Waals surface area contributed by atoms with Crippen LogP contribution in [0.4, 0.5) is 17.1 Å². The second-order valence-electron chi connectivity index (χ2n) is 13.7. The maximum atomic E-state index is 6.78. The van der Waals surface area contributed by atoms with Crippen molar-refractivity contribution in [2.45, 2.75) is 0 Å². The highest BCUT2D eigenvalue weighted by molar-refractivity contribution is 6.10. The Bertz CT molecular complexity index is 2910. The van der Waals surface area contributed by atoms with Crippen molar-refractivity contribution in [3.8, 4) is 56.4 Å². The zero-order chi connectivity index (χ0) is 37.3. The molecule has 5 nitrogen and oxygen atoms in total. The first-order valence-corrected chi connectivity index (χ1v) is 18.7. The number of nitrogens with zero attached hydrogens (tertiary/aromatic N) is 4. The van der Waals surface area contributed by atoms with Crippen LogP contribution in [-0.4, -0.2) is 15.0 Å². The van der Waals surface area contributed by atoms with Crippen LogP contribution in [0.25, 0.3) is 78.4 Å². The number of para-hydroxylation sites is 2. The van der Waals surface area contributed by atoms with Crippen molar-refractivity contribution in [1.82, 2.24) is 15.0 Å². The summed E-state index contributed by atoms with van der Waals surface area (Å²) in [7, 11) is 0. The molecule has 2 heterocycles. The Labute approximate surface area is 324 Å². The monoisotopic (exact) mass is 718 g/mol. The molecule has 56 heavy (non-hydrogen) atoms. The van der Waals surface area contributed by atoms with E-state index in [1.165, 1.54) is 5.56 Å². The fraction of sp³-hybridized carbons (Fsp3) is 0. The highest BCUT2D eigenvalue weighted by Gasteiger charge is 2.18. The molecule has 0 saturated carbocycles. The average molecular weight is 719 g/mol. The Balaban J connectivity index is 1.07. The van der Waals surface area contributed by atoms with Gasteiger partial charge in [-0.2, -0.15) is 0 Å². The summed E-state index contributed by atoms with van der Waals surface area (Å²) < 4.78 is 6.78. The Morgan fingerprint density at radius 1 is 0.321 bits per heavy atom. The summed E-state index contributed by atoms with van der Waals surface area (Å²) in [5, 5.41) is 2.08. The van der Waals surface area contributed by atoms with Gasteiger partial charge < -0.3 is 9.32 Å². The SMILES string of the molecule is c1ccc(-c2cccc(N(c3ccccc3)c3cccc(-c4cccc5c4oc4cc(-c6nc(-c7ccccc7)nc(-c7ccccc7)n6)ccc45)c3)c2)cc1. The smallest absolute Gasteiger partial charge is 0.164 e. The maximum absolute atomic E-state index is 6.78. The van der Waals surface area contributed by atoms with Gasteiger partial charge in [-0.1, -0.05) is 158 Å². The molecular formula is C51H34N4O.